The molecule has 0 spiro atoms. The minimum atomic E-state index is 0.0323. The van der Waals surface area contributed by atoms with Gasteiger partial charge in [-0.1, -0.05) is 35.3 Å². The predicted octanol–water partition coefficient (Wildman–Crippen LogP) is 3.10. The Morgan fingerprint density at radius 2 is 2.11 bits per heavy atom. The molecule has 3 unspecified atom stereocenters. The molecule has 1 aliphatic heterocycles. The Balaban J connectivity index is 2.14. The molecule has 1 aliphatic rings. The van der Waals surface area contributed by atoms with Crippen LogP contribution in [0.25, 0.3) is 0 Å². The van der Waals surface area contributed by atoms with Crippen LogP contribution in [-0.4, -0.2) is 36.7 Å². The number of benzene rings is 1. The zero-order chi connectivity index (χ0) is 14.0. The fourth-order valence-electron chi connectivity index (χ4n) is 2.41. The molecule has 0 aliphatic carbocycles. The Hall–Kier alpha value is -0.320. The lowest BCUT2D eigenvalue weighted by Crippen LogP contribution is -2.50. The summed E-state index contributed by atoms with van der Waals surface area (Å²) in [6, 6.07) is 6.00. The van der Waals surface area contributed by atoms with E-state index in [9.17, 15) is 0 Å². The lowest BCUT2D eigenvalue weighted by molar-refractivity contribution is -0.0498. The molecule has 1 saturated heterocycles. The quantitative estimate of drug-likeness (QED) is 0.932. The van der Waals surface area contributed by atoms with E-state index in [2.05, 4.69) is 11.8 Å². The van der Waals surface area contributed by atoms with Gasteiger partial charge in [-0.3, -0.25) is 4.90 Å². The smallest absolute Gasteiger partial charge is 0.0850 e. The third-order valence-electron chi connectivity index (χ3n) is 3.69. The summed E-state index contributed by atoms with van der Waals surface area (Å²) in [5.74, 6) is 0. The molecule has 1 fully saturated rings. The summed E-state index contributed by atoms with van der Waals surface area (Å²) in [6.07, 6.45) is 0.0779. The second-order valence-electron chi connectivity index (χ2n) is 5.08. The van der Waals surface area contributed by atoms with Crippen LogP contribution in [0.5, 0.6) is 0 Å². The number of nitrogens with two attached hydrogens (primary N) is 1. The van der Waals surface area contributed by atoms with Gasteiger partial charge in [-0.25, -0.2) is 0 Å². The van der Waals surface area contributed by atoms with Crippen molar-refractivity contribution in [2.24, 2.45) is 5.73 Å². The Morgan fingerprint density at radius 1 is 1.37 bits per heavy atom. The lowest BCUT2D eigenvalue weighted by atomic mass is 10.0. The number of morpholine rings is 1. The van der Waals surface area contributed by atoms with Gasteiger partial charge in [0.05, 0.1) is 22.8 Å². The highest BCUT2D eigenvalue weighted by atomic mass is 35.5. The average molecular weight is 303 g/mol. The molecule has 0 bridgehead atoms. The second kappa shape index (κ2) is 6.42. The van der Waals surface area contributed by atoms with E-state index in [0.29, 0.717) is 16.7 Å². The van der Waals surface area contributed by atoms with Gasteiger partial charge in [0.25, 0.3) is 0 Å². The Kier molecular flexibility index (Phi) is 5.09. The Labute approximate surface area is 124 Å². The standard InChI is InChI=1S/C14H20Cl2N2O/c1-9(17)13-8-18(6-7-19-13)10(2)11-4-3-5-12(15)14(11)16/h3-5,9-10,13H,6-8,17H2,1-2H3. The van der Waals surface area contributed by atoms with E-state index in [-0.39, 0.29) is 18.2 Å². The van der Waals surface area contributed by atoms with Crippen molar-refractivity contribution in [2.75, 3.05) is 19.7 Å². The van der Waals surface area contributed by atoms with Crippen molar-refractivity contribution < 1.29 is 4.74 Å². The molecule has 1 aromatic carbocycles. The molecule has 0 radical (unpaired) electrons. The second-order valence-corrected chi connectivity index (χ2v) is 5.87. The van der Waals surface area contributed by atoms with Gasteiger partial charge in [0.2, 0.25) is 0 Å². The van der Waals surface area contributed by atoms with Crippen LogP contribution in [0.1, 0.15) is 25.5 Å². The van der Waals surface area contributed by atoms with Crippen molar-refractivity contribution in [3.8, 4) is 0 Å². The number of hydrogen-bond acceptors (Lipinski definition) is 3. The number of nitrogens with zero attached hydrogens (tertiary/aromatic N) is 1. The van der Waals surface area contributed by atoms with Gasteiger partial charge in [-0.15, -0.1) is 0 Å². The molecule has 2 rings (SSSR count). The molecule has 0 amide bonds. The maximum atomic E-state index is 6.29. The first-order valence-corrected chi connectivity index (χ1v) is 7.31. The first kappa shape index (κ1) is 15.1. The Bertz CT molecular complexity index is 439. The topological polar surface area (TPSA) is 38.5 Å². The SMILES string of the molecule is CC(N)C1CN(C(C)c2cccc(Cl)c2Cl)CCO1. The zero-order valence-electron chi connectivity index (χ0n) is 11.3. The predicted molar refractivity (Wildman–Crippen MR) is 79.8 cm³/mol. The van der Waals surface area contributed by atoms with Crippen LogP contribution in [0.15, 0.2) is 18.2 Å². The fraction of sp³-hybridized carbons (Fsp3) is 0.571. The zero-order valence-corrected chi connectivity index (χ0v) is 12.8. The molecule has 1 heterocycles. The molecular formula is C14H20Cl2N2O. The number of halogens is 2. The highest BCUT2D eigenvalue weighted by molar-refractivity contribution is 6.42. The van der Waals surface area contributed by atoms with Crippen LogP contribution in [-0.2, 0) is 4.74 Å². The molecule has 0 aromatic heterocycles. The molecule has 3 nitrogen and oxygen atoms in total. The van der Waals surface area contributed by atoms with Gasteiger partial charge in [-0.05, 0) is 25.5 Å². The van der Waals surface area contributed by atoms with Crippen molar-refractivity contribution in [2.45, 2.75) is 32.0 Å². The van der Waals surface area contributed by atoms with Crippen LogP contribution in [0, 0.1) is 0 Å². The van der Waals surface area contributed by atoms with E-state index in [4.69, 9.17) is 33.7 Å². The molecule has 106 valence electrons. The first-order chi connectivity index (χ1) is 9.00. The third-order valence-corrected chi connectivity index (χ3v) is 4.52. The molecule has 19 heavy (non-hydrogen) atoms. The van der Waals surface area contributed by atoms with E-state index in [1.807, 2.05) is 25.1 Å². The molecule has 1 aromatic rings. The monoisotopic (exact) mass is 302 g/mol. The van der Waals surface area contributed by atoms with Gasteiger partial charge in [-0.2, -0.15) is 0 Å². The lowest BCUT2D eigenvalue weighted by Gasteiger charge is -2.38. The number of hydrogen-bond donors (Lipinski definition) is 1. The minimum Gasteiger partial charge on any atom is -0.374 e. The van der Waals surface area contributed by atoms with E-state index in [1.54, 1.807) is 0 Å². The highest BCUT2D eigenvalue weighted by Crippen LogP contribution is 2.33. The van der Waals surface area contributed by atoms with Gasteiger partial charge in [0.15, 0.2) is 0 Å². The van der Waals surface area contributed by atoms with Crippen molar-refractivity contribution in [1.29, 1.82) is 0 Å². The summed E-state index contributed by atoms with van der Waals surface area (Å²) in [4.78, 5) is 2.34. The van der Waals surface area contributed by atoms with Crippen LogP contribution < -0.4 is 5.73 Å². The van der Waals surface area contributed by atoms with Crippen LogP contribution >= 0.6 is 23.2 Å². The number of rotatable bonds is 3. The van der Waals surface area contributed by atoms with Gasteiger partial charge >= 0.3 is 0 Å². The Morgan fingerprint density at radius 3 is 2.79 bits per heavy atom. The van der Waals surface area contributed by atoms with Crippen LogP contribution in [0.4, 0.5) is 0 Å². The maximum Gasteiger partial charge on any atom is 0.0850 e. The van der Waals surface area contributed by atoms with Crippen molar-refractivity contribution >= 4 is 23.2 Å². The van der Waals surface area contributed by atoms with Crippen molar-refractivity contribution in [1.82, 2.24) is 4.90 Å². The molecule has 2 N–H and O–H groups in total. The summed E-state index contributed by atoms with van der Waals surface area (Å²) in [5.41, 5.74) is 6.98. The maximum absolute atomic E-state index is 6.29. The van der Waals surface area contributed by atoms with Crippen molar-refractivity contribution in [3.63, 3.8) is 0 Å². The molecule has 0 saturated carbocycles. The summed E-state index contributed by atoms with van der Waals surface area (Å²) in [7, 11) is 0. The normalized spacial score (nSPS) is 24.2. The third kappa shape index (κ3) is 3.41. The number of ether oxygens (including phenoxy) is 1. The average Bonchev–Trinajstić information content (AvgIpc) is 2.41. The largest absolute Gasteiger partial charge is 0.374 e. The first-order valence-electron chi connectivity index (χ1n) is 6.56. The van der Waals surface area contributed by atoms with Crippen LogP contribution in [0.2, 0.25) is 10.0 Å². The van der Waals surface area contributed by atoms with E-state index in [0.717, 1.165) is 18.7 Å². The molecular weight excluding hydrogens is 283 g/mol. The van der Waals surface area contributed by atoms with Crippen LogP contribution in [0.3, 0.4) is 0 Å². The summed E-state index contributed by atoms with van der Waals surface area (Å²) in [6.45, 7) is 6.52. The fourth-order valence-corrected chi connectivity index (χ4v) is 2.87. The van der Waals surface area contributed by atoms with Gasteiger partial charge in [0.1, 0.15) is 0 Å². The van der Waals surface area contributed by atoms with E-state index in [1.165, 1.54) is 0 Å². The van der Waals surface area contributed by atoms with E-state index < -0.39 is 0 Å². The summed E-state index contributed by atoms with van der Waals surface area (Å²) < 4.78 is 5.68. The highest BCUT2D eigenvalue weighted by Gasteiger charge is 2.28. The summed E-state index contributed by atoms with van der Waals surface area (Å²) in [5, 5.41) is 1.24. The molecule has 3 atom stereocenters. The van der Waals surface area contributed by atoms with Gasteiger partial charge < -0.3 is 10.5 Å². The van der Waals surface area contributed by atoms with Gasteiger partial charge in [0, 0.05) is 25.2 Å². The van der Waals surface area contributed by atoms with Crippen molar-refractivity contribution in [3.05, 3.63) is 33.8 Å². The van der Waals surface area contributed by atoms with E-state index >= 15 is 0 Å². The summed E-state index contributed by atoms with van der Waals surface area (Å²) >= 11 is 12.4. The molecule has 5 heteroatoms. The minimum absolute atomic E-state index is 0.0323.